The third-order valence-corrected chi connectivity index (χ3v) is 12.0. The first-order valence-electron chi connectivity index (χ1n) is 14.1. The summed E-state index contributed by atoms with van der Waals surface area (Å²) < 4.78 is 39.2. The van der Waals surface area contributed by atoms with Crippen LogP contribution in [-0.4, -0.2) is 88.1 Å². The number of likely N-dealkylation sites (tertiary alicyclic amines) is 1. The number of carbonyl (C=O) groups is 2. The number of nitrogens with one attached hydrogen (secondary N) is 2. The number of anilines is 3. The number of amides is 2. The maximum atomic E-state index is 15.8. The highest BCUT2D eigenvalue weighted by Crippen LogP contribution is 2.51. The van der Waals surface area contributed by atoms with Gasteiger partial charge in [0.15, 0.2) is 20.8 Å². The molecule has 1 aliphatic carbocycles. The number of carbonyl (C=O) groups excluding carboxylic acids is 1. The smallest absolute Gasteiger partial charge is 0.407 e. The molecule has 3 saturated heterocycles. The molecule has 3 N–H and O–H groups in total. The van der Waals surface area contributed by atoms with Gasteiger partial charge in [-0.05, 0) is 43.9 Å². The van der Waals surface area contributed by atoms with E-state index in [0.717, 1.165) is 25.7 Å². The summed E-state index contributed by atoms with van der Waals surface area (Å²) in [6.07, 6.45) is 3.82. The summed E-state index contributed by atoms with van der Waals surface area (Å²) in [5, 5.41) is 16.1. The van der Waals surface area contributed by atoms with E-state index in [9.17, 15) is 23.1 Å². The van der Waals surface area contributed by atoms with Gasteiger partial charge in [0.25, 0.3) is 0 Å². The summed E-state index contributed by atoms with van der Waals surface area (Å²) in [7, 11) is -2.91. The van der Waals surface area contributed by atoms with Crippen molar-refractivity contribution in [1.82, 2.24) is 19.9 Å². The van der Waals surface area contributed by atoms with E-state index in [0.29, 0.717) is 40.4 Å². The Morgan fingerprint density at radius 2 is 1.84 bits per heavy atom. The average Bonchev–Trinajstić information content (AvgIpc) is 3.45. The molecule has 2 aromatic heterocycles. The maximum Gasteiger partial charge on any atom is 0.407 e. The van der Waals surface area contributed by atoms with Crippen LogP contribution in [0.4, 0.5) is 26.0 Å². The molecule has 12 nitrogen and oxygen atoms in total. The molecule has 1 spiro atoms. The fraction of sp³-hybridized carbons (Fsp3) is 0.464. The number of aromatic nitrogens is 3. The molecule has 5 heterocycles. The molecule has 2 bridgehead atoms. The van der Waals surface area contributed by atoms with Crippen LogP contribution in [0.25, 0.3) is 21.8 Å². The minimum Gasteiger partial charge on any atom is -0.465 e. The molecule has 226 valence electrons. The molecule has 43 heavy (non-hydrogen) atoms. The lowest BCUT2D eigenvalue weighted by molar-refractivity contribution is -0.114. The lowest BCUT2D eigenvalue weighted by atomic mass is 9.67. The van der Waals surface area contributed by atoms with E-state index in [2.05, 4.69) is 20.5 Å². The zero-order chi connectivity index (χ0) is 30.1. The van der Waals surface area contributed by atoms with Crippen molar-refractivity contribution in [3.05, 3.63) is 36.3 Å². The number of hydrogen-bond acceptors (Lipinski definition) is 10. The number of benzene rings is 1. The van der Waals surface area contributed by atoms with Crippen LogP contribution < -0.4 is 15.5 Å². The number of thiazole rings is 1. The molecule has 2 atom stereocenters. The summed E-state index contributed by atoms with van der Waals surface area (Å²) in [5.74, 6) is -0.150. The Kier molecular flexibility index (Phi) is 6.57. The molecule has 0 radical (unpaired) electrons. The second-order valence-corrected chi connectivity index (χ2v) is 15.1. The molecular formula is C28H30FN7O5S2. The number of piperazine rings is 1. The first-order chi connectivity index (χ1) is 20.5. The van der Waals surface area contributed by atoms with Crippen LogP contribution in [0.5, 0.6) is 0 Å². The van der Waals surface area contributed by atoms with E-state index >= 15 is 4.39 Å². The van der Waals surface area contributed by atoms with Crippen LogP contribution in [-0.2, 0) is 14.6 Å². The van der Waals surface area contributed by atoms with Crippen LogP contribution in [0, 0.1) is 11.2 Å². The lowest BCUT2D eigenvalue weighted by Crippen LogP contribution is -2.60. The van der Waals surface area contributed by atoms with E-state index in [1.54, 1.807) is 24.4 Å². The summed E-state index contributed by atoms with van der Waals surface area (Å²) in [6, 6.07) is 6.48. The molecule has 2 unspecified atom stereocenters. The number of nitrogens with zero attached hydrogens (tertiary/aromatic N) is 5. The summed E-state index contributed by atoms with van der Waals surface area (Å²) in [4.78, 5) is 41.7. The number of hydrogen-bond donors (Lipinski definition) is 3. The molecule has 2 amide bonds. The molecule has 7 rings (SSSR count). The predicted octanol–water partition coefficient (Wildman–Crippen LogP) is 3.68. The van der Waals surface area contributed by atoms with Crippen LogP contribution in [0.3, 0.4) is 0 Å². The minimum atomic E-state index is -2.91. The monoisotopic (exact) mass is 627 g/mol. The summed E-state index contributed by atoms with van der Waals surface area (Å²) in [6.45, 7) is 2.05. The van der Waals surface area contributed by atoms with Gasteiger partial charge in [-0.1, -0.05) is 17.4 Å². The second kappa shape index (κ2) is 10.1. The van der Waals surface area contributed by atoms with E-state index in [4.69, 9.17) is 9.97 Å². The largest absolute Gasteiger partial charge is 0.465 e. The van der Waals surface area contributed by atoms with Crippen molar-refractivity contribution in [3.63, 3.8) is 0 Å². The van der Waals surface area contributed by atoms with Crippen molar-refractivity contribution in [2.75, 3.05) is 40.1 Å². The molecule has 3 aromatic rings. The Bertz CT molecular complexity index is 1710. The van der Waals surface area contributed by atoms with E-state index in [-0.39, 0.29) is 46.3 Å². The van der Waals surface area contributed by atoms with Crippen molar-refractivity contribution in [1.29, 1.82) is 0 Å². The van der Waals surface area contributed by atoms with Crippen molar-refractivity contribution in [2.45, 2.75) is 50.7 Å². The van der Waals surface area contributed by atoms with Gasteiger partial charge in [-0.2, -0.15) is 0 Å². The fourth-order valence-corrected chi connectivity index (χ4v) is 10.5. The zero-order valence-corrected chi connectivity index (χ0v) is 24.9. The molecule has 1 saturated carbocycles. The normalized spacial score (nSPS) is 23.5. The van der Waals surface area contributed by atoms with Gasteiger partial charge in [-0.3, -0.25) is 4.79 Å². The minimum absolute atomic E-state index is 0.0406. The molecular weight excluding hydrogens is 597 g/mol. The van der Waals surface area contributed by atoms with Gasteiger partial charge >= 0.3 is 6.09 Å². The third-order valence-electron chi connectivity index (χ3n) is 8.79. The Labute approximate surface area is 251 Å². The first kappa shape index (κ1) is 28.0. The van der Waals surface area contributed by atoms with Crippen LogP contribution >= 0.6 is 11.3 Å². The SMILES string of the molecule is CC(=O)Nc1cccc(-c2nc(N3C4CCC3CN(C(=O)O)C4)sc2-c2ccnc(NC3CC4(C3)CS(=O)(=O)C4)n2)c1F. The topological polar surface area (TPSA) is 158 Å². The number of fused-ring (bicyclic) bond motifs is 2. The van der Waals surface area contributed by atoms with Gasteiger partial charge in [0.2, 0.25) is 11.9 Å². The van der Waals surface area contributed by atoms with Gasteiger partial charge in [0.1, 0.15) is 0 Å². The highest BCUT2D eigenvalue weighted by atomic mass is 32.2. The number of carboxylic acid groups (broad SMARTS) is 1. The number of sulfone groups is 1. The Hall–Kier alpha value is -3.85. The first-order valence-corrected chi connectivity index (χ1v) is 16.8. The number of rotatable bonds is 6. The maximum absolute atomic E-state index is 15.8. The van der Waals surface area contributed by atoms with Crippen molar-refractivity contribution in [2.24, 2.45) is 5.41 Å². The third kappa shape index (κ3) is 5.07. The zero-order valence-electron chi connectivity index (χ0n) is 23.3. The Balaban J connectivity index is 1.23. The summed E-state index contributed by atoms with van der Waals surface area (Å²) >= 11 is 1.37. The van der Waals surface area contributed by atoms with Crippen molar-refractivity contribution in [3.8, 4) is 21.8 Å². The Morgan fingerprint density at radius 3 is 2.49 bits per heavy atom. The highest BCUT2D eigenvalue weighted by Gasteiger charge is 2.56. The van der Waals surface area contributed by atoms with Crippen LogP contribution in [0.2, 0.25) is 0 Å². The molecule has 1 aromatic carbocycles. The molecule has 15 heteroatoms. The van der Waals surface area contributed by atoms with Gasteiger partial charge < -0.3 is 25.5 Å². The summed E-state index contributed by atoms with van der Waals surface area (Å²) in [5.41, 5.74) is 1.03. The van der Waals surface area contributed by atoms with Crippen molar-refractivity contribution < 1.29 is 27.5 Å². The van der Waals surface area contributed by atoms with Gasteiger partial charge in [-0.15, -0.1) is 0 Å². The van der Waals surface area contributed by atoms with E-state index in [1.165, 1.54) is 29.2 Å². The van der Waals surface area contributed by atoms with Gasteiger partial charge in [-0.25, -0.2) is 32.6 Å². The van der Waals surface area contributed by atoms with Gasteiger partial charge in [0.05, 0.1) is 33.5 Å². The highest BCUT2D eigenvalue weighted by molar-refractivity contribution is 7.92. The van der Waals surface area contributed by atoms with E-state index in [1.807, 2.05) is 0 Å². The predicted molar refractivity (Wildman–Crippen MR) is 159 cm³/mol. The molecule has 3 aliphatic heterocycles. The van der Waals surface area contributed by atoms with Gasteiger partial charge in [0, 0.05) is 55.3 Å². The fourth-order valence-electron chi connectivity index (χ4n) is 7.10. The standard InChI is InChI=1S/C28H30FN7O5S2/c1-15(37)31-20-4-2-3-19(22(20)29)23-24(42-26(34-23)36-17-5-6-18(36)12-35(11-17)27(38)39)21-7-8-30-25(33-21)32-16-9-28(10-16)13-43(40,41)14-28/h2-4,7-8,16-18H,5-6,9-14H2,1H3,(H,31,37)(H,38,39)(H,30,32,33). The van der Waals surface area contributed by atoms with Crippen LogP contribution in [0.1, 0.15) is 32.6 Å². The lowest BCUT2D eigenvalue weighted by Gasteiger charge is -2.53. The molecule has 4 aliphatic rings. The average molecular weight is 628 g/mol. The van der Waals surface area contributed by atoms with E-state index < -0.39 is 27.7 Å². The molecule has 4 fully saturated rings. The number of halogens is 1. The van der Waals surface area contributed by atoms with Crippen molar-refractivity contribution >= 4 is 49.9 Å². The Morgan fingerprint density at radius 1 is 1.12 bits per heavy atom. The van der Waals surface area contributed by atoms with Crippen LogP contribution in [0.15, 0.2) is 30.5 Å². The quantitative estimate of drug-likeness (QED) is 0.368. The second-order valence-electron chi connectivity index (χ2n) is 12.0.